The third-order valence-electron chi connectivity index (χ3n) is 2.42. The van der Waals surface area contributed by atoms with E-state index in [2.05, 4.69) is 0 Å². The van der Waals surface area contributed by atoms with Crippen LogP contribution in [0, 0.1) is 5.92 Å². The first-order valence-corrected chi connectivity index (χ1v) is 4.21. The highest BCUT2D eigenvalue weighted by Gasteiger charge is 2.45. The largest absolute Gasteiger partial charge is 0.364 e. The lowest BCUT2D eigenvalue weighted by atomic mass is 9.91. The Kier molecular flexibility index (Phi) is 2.06. The summed E-state index contributed by atoms with van der Waals surface area (Å²) in [6.07, 6.45) is 0.992. The topological polar surface area (TPSA) is 26.3 Å². The van der Waals surface area contributed by atoms with Crippen molar-refractivity contribution in [3.05, 3.63) is 0 Å². The SMILES string of the molecule is CCC1C(=O)C(C)(C)OC1C. The number of carbonyl (C=O) groups excluding carboxylic acids is 1. The van der Waals surface area contributed by atoms with Crippen molar-refractivity contribution in [2.45, 2.75) is 45.8 Å². The highest BCUT2D eigenvalue weighted by molar-refractivity contribution is 5.90. The van der Waals surface area contributed by atoms with Crippen LogP contribution < -0.4 is 0 Å². The van der Waals surface area contributed by atoms with Gasteiger partial charge in [-0.25, -0.2) is 0 Å². The van der Waals surface area contributed by atoms with Gasteiger partial charge in [-0.1, -0.05) is 6.92 Å². The summed E-state index contributed by atoms with van der Waals surface area (Å²) >= 11 is 0. The van der Waals surface area contributed by atoms with Crippen LogP contribution in [-0.2, 0) is 9.53 Å². The molecule has 0 saturated carbocycles. The van der Waals surface area contributed by atoms with Crippen LogP contribution in [0.2, 0.25) is 0 Å². The lowest BCUT2D eigenvalue weighted by molar-refractivity contribution is -0.130. The Morgan fingerprint density at radius 2 is 2.09 bits per heavy atom. The molecule has 0 radical (unpaired) electrons. The molecule has 0 aromatic carbocycles. The maximum Gasteiger partial charge on any atom is 0.169 e. The molecule has 2 nitrogen and oxygen atoms in total. The van der Waals surface area contributed by atoms with E-state index in [1.165, 1.54) is 0 Å². The Hall–Kier alpha value is -0.370. The van der Waals surface area contributed by atoms with Crippen molar-refractivity contribution >= 4 is 5.78 Å². The quantitative estimate of drug-likeness (QED) is 0.578. The van der Waals surface area contributed by atoms with Gasteiger partial charge in [-0.05, 0) is 27.2 Å². The highest BCUT2D eigenvalue weighted by atomic mass is 16.5. The number of ether oxygens (including phenoxy) is 1. The molecule has 1 aliphatic rings. The summed E-state index contributed by atoms with van der Waals surface area (Å²) in [5.74, 6) is 0.373. The Labute approximate surface area is 67.9 Å². The molecular formula is C9H16O2. The first-order chi connectivity index (χ1) is 4.99. The van der Waals surface area contributed by atoms with E-state index in [-0.39, 0.29) is 17.8 Å². The zero-order valence-corrected chi connectivity index (χ0v) is 7.68. The number of Topliss-reactive ketones (excluding diaryl/α,β-unsaturated/α-hetero) is 1. The van der Waals surface area contributed by atoms with E-state index in [4.69, 9.17) is 4.74 Å². The minimum Gasteiger partial charge on any atom is -0.364 e. The van der Waals surface area contributed by atoms with E-state index in [1.807, 2.05) is 27.7 Å². The van der Waals surface area contributed by atoms with Crippen molar-refractivity contribution in [2.24, 2.45) is 5.92 Å². The van der Waals surface area contributed by atoms with Gasteiger partial charge < -0.3 is 4.74 Å². The molecule has 0 aromatic rings. The molecule has 1 heterocycles. The number of hydrogen-bond acceptors (Lipinski definition) is 2. The van der Waals surface area contributed by atoms with Crippen LogP contribution in [-0.4, -0.2) is 17.5 Å². The summed E-state index contributed by atoms with van der Waals surface area (Å²) in [6.45, 7) is 7.70. The number of hydrogen-bond donors (Lipinski definition) is 0. The summed E-state index contributed by atoms with van der Waals surface area (Å²) in [4.78, 5) is 11.5. The van der Waals surface area contributed by atoms with E-state index in [1.54, 1.807) is 0 Å². The molecule has 2 atom stereocenters. The van der Waals surface area contributed by atoms with Gasteiger partial charge in [-0.15, -0.1) is 0 Å². The van der Waals surface area contributed by atoms with Gasteiger partial charge >= 0.3 is 0 Å². The highest BCUT2D eigenvalue weighted by Crippen LogP contribution is 2.32. The van der Waals surface area contributed by atoms with E-state index in [9.17, 15) is 4.79 Å². The third-order valence-corrected chi connectivity index (χ3v) is 2.42. The fourth-order valence-corrected chi connectivity index (χ4v) is 1.78. The number of rotatable bonds is 1. The summed E-state index contributed by atoms with van der Waals surface area (Å²) < 4.78 is 5.51. The lowest BCUT2D eigenvalue weighted by Crippen LogP contribution is -2.29. The molecule has 64 valence electrons. The monoisotopic (exact) mass is 156 g/mol. The third kappa shape index (κ3) is 1.32. The number of carbonyl (C=O) groups is 1. The summed E-state index contributed by atoms with van der Waals surface area (Å²) in [5, 5.41) is 0. The number of ketones is 1. The average Bonchev–Trinajstić information content (AvgIpc) is 2.04. The minimum atomic E-state index is -0.542. The maximum atomic E-state index is 11.5. The van der Waals surface area contributed by atoms with Crippen LogP contribution in [0.4, 0.5) is 0 Å². The van der Waals surface area contributed by atoms with Crippen molar-refractivity contribution in [2.75, 3.05) is 0 Å². The Morgan fingerprint density at radius 3 is 2.27 bits per heavy atom. The van der Waals surface area contributed by atoms with Gasteiger partial charge in [-0.2, -0.15) is 0 Å². The fraction of sp³-hybridized carbons (Fsp3) is 0.889. The second kappa shape index (κ2) is 2.59. The Morgan fingerprint density at radius 1 is 1.55 bits per heavy atom. The molecule has 1 rings (SSSR count). The Bertz CT molecular complexity index is 172. The predicted octanol–water partition coefficient (Wildman–Crippen LogP) is 1.78. The molecule has 2 unspecified atom stereocenters. The molecule has 0 amide bonds. The standard InChI is InChI=1S/C9H16O2/c1-5-7-6(2)11-9(3,4)8(7)10/h6-7H,5H2,1-4H3. The zero-order chi connectivity index (χ0) is 8.65. The minimum absolute atomic E-state index is 0.0995. The van der Waals surface area contributed by atoms with Gasteiger partial charge in [0, 0.05) is 5.92 Å². The van der Waals surface area contributed by atoms with Crippen molar-refractivity contribution in [1.82, 2.24) is 0 Å². The summed E-state index contributed by atoms with van der Waals surface area (Å²) in [5.41, 5.74) is -0.542. The van der Waals surface area contributed by atoms with E-state index in [0.29, 0.717) is 0 Å². The van der Waals surface area contributed by atoms with Gasteiger partial charge in [0.05, 0.1) is 6.10 Å². The van der Waals surface area contributed by atoms with Gasteiger partial charge in [-0.3, -0.25) is 4.79 Å². The lowest BCUT2D eigenvalue weighted by Gasteiger charge is -2.14. The molecule has 0 aromatic heterocycles. The molecular weight excluding hydrogens is 140 g/mol. The molecule has 0 spiro atoms. The maximum absolute atomic E-state index is 11.5. The molecule has 1 aliphatic heterocycles. The summed E-state index contributed by atoms with van der Waals surface area (Å²) in [6, 6.07) is 0. The smallest absolute Gasteiger partial charge is 0.169 e. The van der Waals surface area contributed by atoms with Crippen LogP contribution in [0.15, 0.2) is 0 Å². The van der Waals surface area contributed by atoms with Crippen molar-refractivity contribution < 1.29 is 9.53 Å². The van der Waals surface area contributed by atoms with Gasteiger partial charge in [0.15, 0.2) is 5.78 Å². The molecule has 1 saturated heterocycles. The second-order valence-electron chi connectivity index (χ2n) is 3.71. The first-order valence-electron chi connectivity index (χ1n) is 4.21. The van der Waals surface area contributed by atoms with Crippen LogP contribution >= 0.6 is 0 Å². The van der Waals surface area contributed by atoms with E-state index in [0.717, 1.165) is 6.42 Å². The zero-order valence-electron chi connectivity index (χ0n) is 7.68. The van der Waals surface area contributed by atoms with Gasteiger partial charge in [0.2, 0.25) is 0 Å². The van der Waals surface area contributed by atoms with Crippen molar-refractivity contribution in [3.63, 3.8) is 0 Å². The van der Waals surface area contributed by atoms with Gasteiger partial charge in [0.25, 0.3) is 0 Å². The molecule has 0 N–H and O–H groups in total. The molecule has 0 aliphatic carbocycles. The van der Waals surface area contributed by atoms with Crippen LogP contribution in [0.3, 0.4) is 0 Å². The van der Waals surface area contributed by atoms with Crippen molar-refractivity contribution in [3.8, 4) is 0 Å². The molecule has 0 bridgehead atoms. The van der Waals surface area contributed by atoms with Crippen LogP contribution in [0.5, 0.6) is 0 Å². The van der Waals surface area contributed by atoms with E-state index < -0.39 is 5.60 Å². The molecule has 2 heteroatoms. The second-order valence-corrected chi connectivity index (χ2v) is 3.71. The predicted molar refractivity (Wildman–Crippen MR) is 43.4 cm³/mol. The first kappa shape index (κ1) is 8.72. The normalized spacial score (nSPS) is 36.2. The average molecular weight is 156 g/mol. The van der Waals surface area contributed by atoms with Crippen molar-refractivity contribution in [1.29, 1.82) is 0 Å². The molecule has 1 fully saturated rings. The molecule has 11 heavy (non-hydrogen) atoms. The van der Waals surface area contributed by atoms with Crippen LogP contribution in [0.25, 0.3) is 0 Å². The van der Waals surface area contributed by atoms with Crippen LogP contribution in [0.1, 0.15) is 34.1 Å². The summed E-state index contributed by atoms with van der Waals surface area (Å²) in [7, 11) is 0. The van der Waals surface area contributed by atoms with E-state index >= 15 is 0 Å². The fourth-order valence-electron chi connectivity index (χ4n) is 1.78. The Balaban J connectivity index is 2.80. The van der Waals surface area contributed by atoms with Gasteiger partial charge in [0.1, 0.15) is 5.60 Å².